The maximum absolute atomic E-state index is 13.0. The second-order valence-corrected chi connectivity index (χ2v) is 6.90. The molecule has 0 radical (unpaired) electrons. The highest BCUT2D eigenvalue weighted by Gasteiger charge is 2.16. The Morgan fingerprint density at radius 2 is 1.89 bits per heavy atom. The average Bonchev–Trinajstić information content (AvgIpc) is 3.01. The Labute approximate surface area is 155 Å². The fourth-order valence-corrected chi connectivity index (χ4v) is 3.29. The summed E-state index contributed by atoms with van der Waals surface area (Å²) in [5, 5.41) is 4.12. The SMILES string of the molecule is Cc1nc2ccc(NC(=O)c3cn(C(C)C)c(=O)c4ccccc34)cc2[nH]1. The molecule has 0 aliphatic carbocycles. The van der Waals surface area contributed by atoms with Crippen molar-refractivity contribution in [1.82, 2.24) is 14.5 Å². The van der Waals surface area contributed by atoms with E-state index in [2.05, 4.69) is 15.3 Å². The molecule has 0 atom stereocenters. The van der Waals surface area contributed by atoms with Crippen molar-refractivity contribution in [3.05, 3.63) is 70.4 Å². The molecule has 136 valence electrons. The van der Waals surface area contributed by atoms with E-state index in [1.165, 1.54) is 0 Å². The summed E-state index contributed by atoms with van der Waals surface area (Å²) in [4.78, 5) is 33.2. The van der Waals surface area contributed by atoms with Crippen LogP contribution in [0.15, 0.2) is 53.5 Å². The lowest BCUT2D eigenvalue weighted by Crippen LogP contribution is -2.25. The van der Waals surface area contributed by atoms with Gasteiger partial charge in [0.05, 0.1) is 16.6 Å². The predicted molar refractivity (Wildman–Crippen MR) is 107 cm³/mol. The van der Waals surface area contributed by atoms with Crippen molar-refractivity contribution in [2.75, 3.05) is 5.32 Å². The Morgan fingerprint density at radius 1 is 1.15 bits per heavy atom. The Kier molecular flexibility index (Phi) is 4.03. The zero-order chi connectivity index (χ0) is 19.1. The van der Waals surface area contributed by atoms with Gasteiger partial charge in [-0.1, -0.05) is 18.2 Å². The van der Waals surface area contributed by atoms with E-state index >= 15 is 0 Å². The molecule has 0 spiro atoms. The molecular weight excluding hydrogens is 340 g/mol. The number of amides is 1. The van der Waals surface area contributed by atoms with Crippen molar-refractivity contribution in [2.24, 2.45) is 0 Å². The molecule has 0 aliphatic rings. The molecule has 0 fully saturated rings. The molecular formula is C21H20N4O2. The number of nitrogens with one attached hydrogen (secondary N) is 2. The largest absolute Gasteiger partial charge is 0.342 e. The number of nitrogens with zero attached hydrogens (tertiary/aromatic N) is 2. The maximum Gasteiger partial charge on any atom is 0.258 e. The number of carbonyl (C=O) groups excluding carboxylic acids is 1. The van der Waals surface area contributed by atoms with Crippen LogP contribution >= 0.6 is 0 Å². The normalized spacial score (nSPS) is 11.4. The third-order valence-electron chi connectivity index (χ3n) is 4.61. The van der Waals surface area contributed by atoms with Gasteiger partial charge in [0.2, 0.25) is 0 Å². The minimum Gasteiger partial charge on any atom is -0.342 e. The van der Waals surface area contributed by atoms with Crippen LogP contribution in [0.1, 0.15) is 36.1 Å². The van der Waals surface area contributed by atoms with Crippen molar-refractivity contribution < 1.29 is 4.79 Å². The van der Waals surface area contributed by atoms with Crippen LogP contribution in [0.5, 0.6) is 0 Å². The Hall–Kier alpha value is -3.41. The molecule has 27 heavy (non-hydrogen) atoms. The molecule has 2 heterocycles. The van der Waals surface area contributed by atoms with Crippen LogP contribution in [-0.4, -0.2) is 20.4 Å². The zero-order valence-electron chi connectivity index (χ0n) is 15.4. The van der Waals surface area contributed by atoms with Crippen LogP contribution in [0, 0.1) is 6.92 Å². The second kappa shape index (κ2) is 6.39. The summed E-state index contributed by atoms with van der Waals surface area (Å²) in [5.74, 6) is 0.569. The molecule has 1 amide bonds. The quantitative estimate of drug-likeness (QED) is 0.579. The first-order chi connectivity index (χ1) is 12.9. The van der Waals surface area contributed by atoms with Crippen LogP contribution in [0.3, 0.4) is 0 Å². The monoisotopic (exact) mass is 360 g/mol. The van der Waals surface area contributed by atoms with Crippen molar-refractivity contribution in [3.63, 3.8) is 0 Å². The van der Waals surface area contributed by atoms with Crippen molar-refractivity contribution in [2.45, 2.75) is 26.8 Å². The van der Waals surface area contributed by atoms with Gasteiger partial charge in [-0.3, -0.25) is 9.59 Å². The molecule has 0 unspecified atom stereocenters. The molecule has 2 N–H and O–H groups in total. The van der Waals surface area contributed by atoms with E-state index in [4.69, 9.17) is 0 Å². The molecule has 6 nitrogen and oxygen atoms in total. The van der Waals surface area contributed by atoms with Crippen LogP contribution in [0.25, 0.3) is 21.8 Å². The number of carbonyl (C=O) groups is 1. The maximum atomic E-state index is 13.0. The number of aryl methyl sites for hydroxylation is 1. The number of rotatable bonds is 3. The third kappa shape index (κ3) is 2.99. The summed E-state index contributed by atoms with van der Waals surface area (Å²) in [6, 6.07) is 12.7. The summed E-state index contributed by atoms with van der Waals surface area (Å²) in [6.07, 6.45) is 1.64. The fourth-order valence-electron chi connectivity index (χ4n) is 3.29. The van der Waals surface area contributed by atoms with Gasteiger partial charge in [0.15, 0.2) is 0 Å². The first-order valence-corrected chi connectivity index (χ1v) is 8.85. The van der Waals surface area contributed by atoms with Gasteiger partial charge in [0.1, 0.15) is 5.82 Å². The van der Waals surface area contributed by atoms with Crippen LogP contribution < -0.4 is 10.9 Å². The summed E-state index contributed by atoms with van der Waals surface area (Å²) < 4.78 is 1.60. The highest BCUT2D eigenvalue weighted by atomic mass is 16.2. The molecule has 0 bridgehead atoms. The molecule has 4 aromatic rings. The summed E-state index contributed by atoms with van der Waals surface area (Å²) >= 11 is 0. The van der Waals surface area contributed by atoms with Gasteiger partial charge in [0, 0.05) is 28.7 Å². The lowest BCUT2D eigenvalue weighted by molar-refractivity contribution is 0.102. The summed E-state index contributed by atoms with van der Waals surface area (Å²) in [7, 11) is 0. The Morgan fingerprint density at radius 3 is 2.63 bits per heavy atom. The van der Waals surface area contributed by atoms with Crippen molar-refractivity contribution >= 4 is 33.4 Å². The molecule has 2 aromatic heterocycles. The van der Waals surface area contributed by atoms with E-state index < -0.39 is 0 Å². The predicted octanol–water partition coefficient (Wildman–Crippen LogP) is 4.02. The van der Waals surface area contributed by atoms with Gasteiger partial charge in [-0.15, -0.1) is 0 Å². The highest BCUT2D eigenvalue weighted by Crippen LogP contribution is 2.21. The topological polar surface area (TPSA) is 79.8 Å². The van der Waals surface area contributed by atoms with E-state index in [-0.39, 0.29) is 17.5 Å². The molecule has 0 aliphatic heterocycles. The number of pyridine rings is 1. The van der Waals surface area contributed by atoms with Gasteiger partial charge in [-0.25, -0.2) is 4.98 Å². The number of fused-ring (bicyclic) bond motifs is 2. The number of H-pyrrole nitrogens is 1. The average molecular weight is 360 g/mol. The van der Waals surface area contributed by atoms with E-state index in [0.29, 0.717) is 22.0 Å². The number of imidazole rings is 1. The van der Waals surface area contributed by atoms with E-state index in [9.17, 15) is 9.59 Å². The minimum absolute atomic E-state index is 0.0435. The zero-order valence-corrected chi connectivity index (χ0v) is 15.4. The molecule has 4 rings (SSSR count). The number of benzene rings is 2. The van der Waals surface area contributed by atoms with E-state index in [1.54, 1.807) is 22.9 Å². The van der Waals surface area contributed by atoms with E-state index in [0.717, 1.165) is 16.9 Å². The first kappa shape index (κ1) is 17.0. The molecule has 6 heteroatoms. The lowest BCUT2D eigenvalue weighted by Gasteiger charge is -2.15. The fraction of sp³-hybridized carbons (Fsp3) is 0.190. The summed E-state index contributed by atoms with van der Waals surface area (Å²) in [6.45, 7) is 5.73. The number of hydrogen-bond donors (Lipinski definition) is 2. The second-order valence-electron chi connectivity index (χ2n) is 6.90. The van der Waals surface area contributed by atoms with Gasteiger partial charge in [-0.05, 0) is 45.0 Å². The van der Waals surface area contributed by atoms with Gasteiger partial charge >= 0.3 is 0 Å². The standard InChI is InChI=1S/C21H20N4O2/c1-12(2)25-11-17(15-6-4-5-7-16(15)21(25)27)20(26)24-14-8-9-18-19(10-14)23-13(3)22-18/h4-12H,1-3H3,(H,22,23)(H,24,26). The minimum atomic E-state index is -0.254. The first-order valence-electron chi connectivity index (χ1n) is 8.85. The Bertz CT molecular complexity index is 1230. The van der Waals surface area contributed by atoms with E-state index in [1.807, 2.05) is 51.1 Å². The number of aromatic amines is 1. The van der Waals surface area contributed by atoms with Crippen LogP contribution in [-0.2, 0) is 0 Å². The number of hydrogen-bond acceptors (Lipinski definition) is 3. The molecule has 0 saturated heterocycles. The summed E-state index contributed by atoms with van der Waals surface area (Å²) in [5.41, 5.74) is 2.76. The third-order valence-corrected chi connectivity index (χ3v) is 4.61. The number of aromatic nitrogens is 3. The highest BCUT2D eigenvalue weighted by molar-refractivity contribution is 6.12. The smallest absolute Gasteiger partial charge is 0.258 e. The lowest BCUT2D eigenvalue weighted by atomic mass is 10.1. The van der Waals surface area contributed by atoms with Crippen molar-refractivity contribution in [3.8, 4) is 0 Å². The Balaban J connectivity index is 1.79. The van der Waals surface area contributed by atoms with Gasteiger partial charge in [0.25, 0.3) is 11.5 Å². The van der Waals surface area contributed by atoms with Crippen molar-refractivity contribution in [1.29, 1.82) is 0 Å². The number of anilines is 1. The molecule has 0 saturated carbocycles. The molecule has 2 aromatic carbocycles. The van der Waals surface area contributed by atoms with Crippen LogP contribution in [0.2, 0.25) is 0 Å². The van der Waals surface area contributed by atoms with Gasteiger partial charge < -0.3 is 14.9 Å². The van der Waals surface area contributed by atoms with Crippen LogP contribution in [0.4, 0.5) is 5.69 Å². The van der Waals surface area contributed by atoms with Gasteiger partial charge in [-0.2, -0.15) is 0 Å².